The minimum absolute atomic E-state index is 0.221. The number of aromatic nitrogens is 3. The van der Waals surface area contributed by atoms with E-state index in [4.69, 9.17) is 9.47 Å². The first-order chi connectivity index (χ1) is 11.2. The third-order valence-corrected chi connectivity index (χ3v) is 4.43. The van der Waals surface area contributed by atoms with Crippen LogP contribution in [-0.2, 0) is 6.54 Å². The molecule has 0 saturated heterocycles. The molecule has 0 fully saturated rings. The molecule has 3 heterocycles. The first-order valence-corrected chi connectivity index (χ1v) is 8.08. The van der Waals surface area contributed by atoms with Crippen molar-refractivity contribution in [1.82, 2.24) is 14.8 Å². The number of carbonyl (C=O) groups is 1. The molecule has 0 spiro atoms. The second kappa shape index (κ2) is 5.54. The predicted octanol–water partition coefficient (Wildman–Crippen LogP) is 2.54. The molecule has 0 unspecified atom stereocenters. The van der Waals surface area contributed by atoms with Crippen LogP contribution in [-0.4, -0.2) is 33.9 Å². The van der Waals surface area contributed by atoms with Gasteiger partial charge in [0.25, 0.3) is 5.91 Å². The van der Waals surface area contributed by atoms with E-state index in [9.17, 15) is 4.79 Å². The van der Waals surface area contributed by atoms with Gasteiger partial charge in [0, 0.05) is 24.9 Å². The zero-order chi connectivity index (χ0) is 15.8. The summed E-state index contributed by atoms with van der Waals surface area (Å²) in [5, 5.41) is 7.45. The normalized spacial score (nSPS) is 13.3. The molecule has 0 saturated carbocycles. The molecule has 118 valence electrons. The Morgan fingerprint density at radius 2 is 2.13 bits per heavy atom. The average molecular weight is 330 g/mol. The topological polar surface area (TPSA) is 78.3 Å². The van der Waals surface area contributed by atoms with E-state index in [1.54, 1.807) is 17.1 Å². The number of ether oxygens (including phenoxy) is 2. The molecular formula is C15H14N4O3S. The molecule has 1 aliphatic rings. The van der Waals surface area contributed by atoms with Crippen molar-refractivity contribution in [1.29, 1.82) is 0 Å². The maximum atomic E-state index is 12.2. The monoisotopic (exact) mass is 330 g/mol. The van der Waals surface area contributed by atoms with Crippen LogP contribution in [0.1, 0.15) is 17.3 Å². The van der Waals surface area contributed by atoms with E-state index in [0.717, 1.165) is 22.5 Å². The first-order valence-electron chi connectivity index (χ1n) is 7.27. The molecular weight excluding hydrogens is 316 g/mol. The summed E-state index contributed by atoms with van der Waals surface area (Å²) in [6, 6.07) is 3.73. The number of fused-ring (bicyclic) bond motifs is 2. The van der Waals surface area contributed by atoms with Gasteiger partial charge >= 0.3 is 0 Å². The van der Waals surface area contributed by atoms with Crippen molar-refractivity contribution in [2.75, 3.05) is 18.5 Å². The fourth-order valence-electron chi connectivity index (χ4n) is 2.34. The number of thiazole rings is 1. The number of nitrogens with one attached hydrogen (secondary N) is 1. The number of aryl methyl sites for hydroxylation is 1. The van der Waals surface area contributed by atoms with Crippen LogP contribution in [0.25, 0.3) is 10.2 Å². The molecule has 1 N–H and O–H groups in total. The lowest BCUT2D eigenvalue weighted by molar-refractivity contribution is 0.102. The van der Waals surface area contributed by atoms with Crippen molar-refractivity contribution < 1.29 is 14.3 Å². The Morgan fingerprint density at radius 1 is 1.35 bits per heavy atom. The van der Waals surface area contributed by atoms with Gasteiger partial charge < -0.3 is 9.47 Å². The van der Waals surface area contributed by atoms with Gasteiger partial charge in [-0.15, -0.1) is 0 Å². The van der Waals surface area contributed by atoms with E-state index in [1.165, 1.54) is 11.3 Å². The van der Waals surface area contributed by atoms with Gasteiger partial charge in [0.1, 0.15) is 13.2 Å². The van der Waals surface area contributed by atoms with Crippen molar-refractivity contribution in [3.8, 4) is 11.5 Å². The van der Waals surface area contributed by atoms with Gasteiger partial charge in [-0.3, -0.25) is 14.8 Å². The summed E-state index contributed by atoms with van der Waals surface area (Å²) in [5.41, 5.74) is 1.29. The summed E-state index contributed by atoms with van der Waals surface area (Å²) in [6.45, 7) is 3.77. The minimum Gasteiger partial charge on any atom is -0.486 e. The van der Waals surface area contributed by atoms with E-state index >= 15 is 0 Å². The number of hydrogen-bond donors (Lipinski definition) is 1. The number of anilines is 1. The lowest BCUT2D eigenvalue weighted by Gasteiger charge is -2.17. The standard InChI is InChI=1S/C15H14N4O3S/c1-2-19-8-9(7-16-19)14(20)18-15-17-10-5-11-12(6-13(10)23-15)22-4-3-21-11/h5-8H,2-4H2,1H3,(H,17,18,20). The van der Waals surface area contributed by atoms with Crippen LogP contribution in [0, 0.1) is 0 Å². The maximum Gasteiger partial charge on any atom is 0.260 e. The highest BCUT2D eigenvalue weighted by atomic mass is 32.1. The molecule has 8 heteroatoms. The molecule has 0 radical (unpaired) electrons. The lowest BCUT2D eigenvalue weighted by atomic mass is 10.3. The van der Waals surface area contributed by atoms with Crippen molar-refractivity contribution in [3.63, 3.8) is 0 Å². The van der Waals surface area contributed by atoms with Crippen LogP contribution in [0.2, 0.25) is 0 Å². The van der Waals surface area contributed by atoms with E-state index in [2.05, 4.69) is 15.4 Å². The van der Waals surface area contributed by atoms with Crippen LogP contribution in [0.15, 0.2) is 24.5 Å². The highest BCUT2D eigenvalue weighted by molar-refractivity contribution is 7.22. The van der Waals surface area contributed by atoms with E-state index in [0.29, 0.717) is 29.7 Å². The van der Waals surface area contributed by atoms with Gasteiger partial charge in [-0.2, -0.15) is 5.10 Å². The quantitative estimate of drug-likeness (QED) is 0.798. The Morgan fingerprint density at radius 3 is 2.87 bits per heavy atom. The summed E-state index contributed by atoms with van der Waals surface area (Å²) in [6.07, 6.45) is 3.26. The van der Waals surface area contributed by atoms with E-state index < -0.39 is 0 Å². The lowest BCUT2D eigenvalue weighted by Crippen LogP contribution is -2.15. The predicted molar refractivity (Wildman–Crippen MR) is 86.5 cm³/mol. The van der Waals surface area contributed by atoms with Crippen LogP contribution < -0.4 is 14.8 Å². The highest BCUT2D eigenvalue weighted by Gasteiger charge is 2.16. The van der Waals surface area contributed by atoms with Gasteiger partial charge in [-0.25, -0.2) is 4.98 Å². The number of carbonyl (C=O) groups excluding carboxylic acids is 1. The molecule has 1 aromatic carbocycles. The summed E-state index contributed by atoms with van der Waals surface area (Å²) in [7, 11) is 0. The van der Waals surface area contributed by atoms with Gasteiger partial charge in [-0.05, 0) is 6.92 Å². The van der Waals surface area contributed by atoms with Crippen molar-refractivity contribution >= 4 is 32.6 Å². The number of rotatable bonds is 3. The molecule has 0 bridgehead atoms. The molecule has 0 aliphatic carbocycles. The molecule has 4 rings (SSSR count). The zero-order valence-corrected chi connectivity index (χ0v) is 13.2. The van der Waals surface area contributed by atoms with E-state index in [1.807, 2.05) is 19.1 Å². The molecule has 3 aromatic rings. The van der Waals surface area contributed by atoms with Gasteiger partial charge in [0.15, 0.2) is 16.6 Å². The van der Waals surface area contributed by atoms with Crippen LogP contribution in [0.3, 0.4) is 0 Å². The summed E-state index contributed by atoms with van der Waals surface area (Å²) >= 11 is 1.40. The molecule has 1 amide bonds. The largest absolute Gasteiger partial charge is 0.486 e. The second-order valence-corrected chi connectivity index (χ2v) is 6.05. The maximum absolute atomic E-state index is 12.2. The number of nitrogens with zero attached hydrogens (tertiary/aromatic N) is 3. The molecule has 0 atom stereocenters. The number of amides is 1. The Labute approximate surface area is 135 Å². The second-order valence-electron chi connectivity index (χ2n) is 5.02. The average Bonchev–Trinajstić information content (AvgIpc) is 3.18. The minimum atomic E-state index is -0.221. The van der Waals surface area contributed by atoms with Crippen LogP contribution in [0.5, 0.6) is 11.5 Å². The SMILES string of the molecule is CCn1cc(C(=O)Nc2nc3cc4c(cc3s2)OCCO4)cn1. The van der Waals surface area contributed by atoms with E-state index in [-0.39, 0.29) is 5.91 Å². The Kier molecular flexibility index (Phi) is 3.38. The fourth-order valence-corrected chi connectivity index (χ4v) is 3.21. The van der Waals surface area contributed by atoms with Gasteiger partial charge in [0.05, 0.1) is 22.0 Å². The zero-order valence-electron chi connectivity index (χ0n) is 12.4. The molecule has 1 aliphatic heterocycles. The summed E-state index contributed by atoms with van der Waals surface area (Å²) in [4.78, 5) is 16.7. The fraction of sp³-hybridized carbons (Fsp3) is 0.267. The van der Waals surface area contributed by atoms with Crippen molar-refractivity contribution in [3.05, 3.63) is 30.1 Å². The third-order valence-electron chi connectivity index (χ3n) is 3.49. The number of hydrogen-bond acceptors (Lipinski definition) is 6. The third kappa shape index (κ3) is 2.61. The van der Waals surface area contributed by atoms with Gasteiger partial charge in [-0.1, -0.05) is 11.3 Å². The van der Waals surface area contributed by atoms with Crippen molar-refractivity contribution in [2.45, 2.75) is 13.5 Å². The Balaban J connectivity index is 1.60. The highest BCUT2D eigenvalue weighted by Crippen LogP contribution is 2.37. The first kappa shape index (κ1) is 14.0. The van der Waals surface area contributed by atoms with Crippen LogP contribution >= 0.6 is 11.3 Å². The number of benzene rings is 1. The van der Waals surface area contributed by atoms with Gasteiger partial charge in [0.2, 0.25) is 0 Å². The molecule has 2 aromatic heterocycles. The summed E-state index contributed by atoms with van der Waals surface area (Å²) < 4.78 is 13.8. The van der Waals surface area contributed by atoms with Crippen molar-refractivity contribution in [2.24, 2.45) is 0 Å². The molecule has 23 heavy (non-hydrogen) atoms. The molecule has 7 nitrogen and oxygen atoms in total. The smallest absolute Gasteiger partial charge is 0.260 e. The van der Waals surface area contributed by atoms with Crippen LogP contribution in [0.4, 0.5) is 5.13 Å². The summed E-state index contributed by atoms with van der Waals surface area (Å²) in [5.74, 6) is 1.19. The Hall–Kier alpha value is -2.61. The Bertz CT molecular complexity index is 843.